The Hall–Kier alpha value is -1.35. The van der Waals surface area contributed by atoms with Crippen LogP contribution in [0.5, 0.6) is 0 Å². The Kier molecular flexibility index (Phi) is 5.57. The highest BCUT2D eigenvalue weighted by atomic mass is 16.1. The molecule has 0 saturated carbocycles. The lowest BCUT2D eigenvalue weighted by molar-refractivity contribution is 0.112. The molecule has 0 aliphatic heterocycles. The summed E-state index contributed by atoms with van der Waals surface area (Å²) in [4.78, 5) is 10.5. The number of hydrogen-bond acceptors (Lipinski definition) is 3. The number of hydrogen-bond donors (Lipinski definition) is 1. The Morgan fingerprint density at radius 1 is 1.25 bits per heavy atom. The zero-order chi connectivity index (χ0) is 11.8. The molecule has 1 rings (SSSR count). The average molecular weight is 220 g/mol. The minimum Gasteiger partial charge on any atom is -0.309 e. The molecule has 0 aliphatic carbocycles. The molecule has 1 aromatic rings. The van der Waals surface area contributed by atoms with Gasteiger partial charge in [-0.1, -0.05) is 13.3 Å². The van der Waals surface area contributed by atoms with Crippen molar-refractivity contribution in [2.24, 2.45) is 0 Å². The molecule has 88 valence electrons. The molecule has 0 bridgehead atoms. The molecule has 1 N–H and O–H groups in total. The van der Waals surface area contributed by atoms with Crippen LogP contribution in [0.1, 0.15) is 37.0 Å². The second-order valence-electron chi connectivity index (χ2n) is 3.72. The summed E-state index contributed by atoms with van der Waals surface area (Å²) < 4.78 is 0. The number of anilines is 1. The van der Waals surface area contributed by atoms with Gasteiger partial charge in [-0.05, 0) is 37.6 Å². The number of nitrogens with one attached hydrogen (secondary N) is 1. The standard InChI is InChI=1S/C13H20N2O/c1-3-5-10-14-15(4-2)13-8-6-12(11-16)7-9-13/h6-9,11,14H,3-5,10H2,1-2H3. The number of carbonyl (C=O) groups is 1. The van der Waals surface area contributed by atoms with Crippen LogP contribution in [0.15, 0.2) is 24.3 Å². The van der Waals surface area contributed by atoms with Gasteiger partial charge in [0, 0.05) is 18.7 Å². The van der Waals surface area contributed by atoms with Crippen molar-refractivity contribution in [2.45, 2.75) is 26.7 Å². The number of unbranched alkanes of at least 4 members (excludes halogenated alkanes) is 1. The highest BCUT2D eigenvalue weighted by molar-refractivity contribution is 5.75. The van der Waals surface area contributed by atoms with Crippen molar-refractivity contribution >= 4 is 12.0 Å². The van der Waals surface area contributed by atoms with Gasteiger partial charge >= 0.3 is 0 Å². The van der Waals surface area contributed by atoms with Crippen LogP contribution >= 0.6 is 0 Å². The van der Waals surface area contributed by atoms with Crippen LogP contribution < -0.4 is 10.4 Å². The smallest absolute Gasteiger partial charge is 0.150 e. The monoisotopic (exact) mass is 220 g/mol. The number of carbonyl (C=O) groups excluding carboxylic acids is 1. The summed E-state index contributed by atoms with van der Waals surface area (Å²) in [7, 11) is 0. The fourth-order valence-corrected chi connectivity index (χ4v) is 1.51. The third-order valence-corrected chi connectivity index (χ3v) is 2.49. The first kappa shape index (κ1) is 12.7. The van der Waals surface area contributed by atoms with Crippen LogP contribution in [-0.4, -0.2) is 19.4 Å². The molecule has 0 aromatic heterocycles. The van der Waals surface area contributed by atoms with Crippen molar-refractivity contribution in [2.75, 3.05) is 18.1 Å². The van der Waals surface area contributed by atoms with Crippen LogP contribution in [0.25, 0.3) is 0 Å². The van der Waals surface area contributed by atoms with Gasteiger partial charge in [0.05, 0.1) is 5.69 Å². The predicted octanol–water partition coefficient (Wildman–Crippen LogP) is 2.63. The van der Waals surface area contributed by atoms with Crippen molar-refractivity contribution in [3.63, 3.8) is 0 Å². The molecule has 0 aliphatic rings. The van der Waals surface area contributed by atoms with Gasteiger partial charge in [-0.2, -0.15) is 0 Å². The van der Waals surface area contributed by atoms with E-state index in [-0.39, 0.29) is 0 Å². The minimum atomic E-state index is 0.716. The molecule has 0 unspecified atom stereocenters. The van der Waals surface area contributed by atoms with Crippen LogP contribution in [0, 0.1) is 0 Å². The first-order valence-electron chi connectivity index (χ1n) is 5.88. The topological polar surface area (TPSA) is 32.3 Å². The second kappa shape index (κ2) is 7.01. The number of rotatable bonds is 7. The molecular formula is C13H20N2O. The van der Waals surface area contributed by atoms with E-state index in [0.717, 1.165) is 25.1 Å². The lowest BCUT2D eigenvalue weighted by Crippen LogP contribution is -2.38. The third kappa shape index (κ3) is 3.66. The summed E-state index contributed by atoms with van der Waals surface area (Å²) in [6.07, 6.45) is 3.22. The van der Waals surface area contributed by atoms with Gasteiger partial charge in [0.1, 0.15) is 6.29 Å². The highest BCUT2D eigenvalue weighted by Gasteiger charge is 2.02. The van der Waals surface area contributed by atoms with E-state index in [1.165, 1.54) is 12.8 Å². The molecule has 3 nitrogen and oxygen atoms in total. The van der Waals surface area contributed by atoms with E-state index >= 15 is 0 Å². The van der Waals surface area contributed by atoms with Crippen LogP contribution in [0.4, 0.5) is 5.69 Å². The summed E-state index contributed by atoms with van der Waals surface area (Å²) in [6.45, 7) is 6.17. The lowest BCUT2D eigenvalue weighted by Gasteiger charge is -2.24. The van der Waals surface area contributed by atoms with Gasteiger partial charge < -0.3 is 5.01 Å². The predicted molar refractivity (Wildman–Crippen MR) is 67.8 cm³/mol. The Labute approximate surface area is 97.4 Å². The van der Waals surface area contributed by atoms with Gasteiger partial charge in [0.25, 0.3) is 0 Å². The Balaban J connectivity index is 2.59. The zero-order valence-corrected chi connectivity index (χ0v) is 10.1. The Morgan fingerprint density at radius 2 is 1.94 bits per heavy atom. The molecule has 0 heterocycles. The summed E-state index contributed by atoms with van der Waals surface area (Å²) in [5, 5.41) is 2.10. The van der Waals surface area contributed by atoms with E-state index in [2.05, 4.69) is 24.3 Å². The number of nitrogens with zero attached hydrogens (tertiary/aromatic N) is 1. The molecule has 0 saturated heterocycles. The summed E-state index contributed by atoms with van der Waals surface area (Å²) in [5.74, 6) is 0. The van der Waals surface area contributed by atoms with E-state index in [1.54, 1.807) is 0 Å². The molecular weight excluding hydrogens is 200 g/mol. The van der Waals surface area contributed by atoms with Crippen molar-refractivity contribution < 1.29 is 4.79 Å². The first-order valence-corrected chi connectivity index (χ1v) is 5.88. The zero-order valence-electron chi connectivity index (χ0n) is 10.1. The van der Waals surface area contributed by atoms with Gasteiger partial charge in [0.2, 0.25) is 0 Å². The third-order valence-electron chi connectivity index (χ3n) is 2.49. The van der Waals surface area contributed by atoms with E-state index in [0.29, 0.717) is 5.56 Å². The SMILES string of the molecule is CCCCNN(CC)c1ccc(C=O)cc1. The molecule has 0 fully saturated rings. The summed E-state index contributed by atoms with van der Waals surface area (Å²) in [6, 6.07) is 7.61. The number of benzene rings is 1. The first-order chi connectivity index (χ1) is 7.81. The van der Waals surface area contributed by atoms with Crippen LogP contribution in [0.2, 0.25) is 0 Å². The largest absolute Gasteiger partial charge is 0.309 e. The fraction of sp³-hybridized carbons (Fsp3) is 0.462. The van der Waals surface area contributed by atoms with Gasteiger partial charge in [-0.25, -0.2) is 5.43 Å². The molecule has 0 spiro atoms. The molecule has 0 amide bonds. The number of hydrazine groups is 1. The Bertz CT molecular complexity index is 308. The maximum atomic E-state index is 10.5. The van der Waals surface area contributed by atoms with Gasteiger partial charge in [-0.15, -0.1) is 0 Å². The minimum absolute atomic E-state index is 0.716. The van der Waals surface area contributed by atoms with Crippen molar-refractivity contribution in [1.82, 2.24) is 5.43 Å². The van der Waals surface area contributed by atoms with E-state index in [1.807, 2.05) is 24.3 Å². The summed E-state index contributed by atoms with van der Waals surface area (Å²) in [5.41, 5.74) is 5.19. The number of aldehydes is 1. The van der Waals surface area contributed by atoms with Crippen molar-refractivity contribution in [3.05, 3.63) is 29.8 Å². The van der Waals surface area contributed by atoms with Crippen LogP contribution in [-0.2, 0) is 0 Å². The molecule has 3 heteroatoms. The molecule has 0 radical (unpaired) electrons. The molecule has 1 aromatic carbocycles. The molecule has 0 atom stereocenters. The molecule has 16 heavy (non-hydrogen) atoms. The highest BCUT2D eigenvalue weighted by Crippen LogP contribution is 2.12. The van der Waals surface area contributed by atoms with Gasteiger partial charge in [-0.3, -0.25) is 4.79 Å². The van der Waals surface area contributed by atoms with Crippen molar-refractivity contribution in [1.29, 1.82) is 0 Å². The normalized spacial score (nSPS) is 10.1. The van der Waals surface area contributed by atoms with Crippen molar-refractivity contribution in [3.8, 4) is 0 Å². The fourth-order valence-electron chi connectivity index (χ4n) is 1.51. The maximum Gasteiger partial charge on any atom is 0.150 e. The van der Waals surface area contributed by atoms with E-state index in [4.69, 9.17) is 0 Å². The average Bonchev–Trinajstić information content (AvgIpc) is 2.35. The second-order valence-corrected chi connectivity index (χ2v) is 3.72. The lowest BCUT2D eigenvalue weighted by atomic mass is 10.2. The quantitative estimate of drug-likeness (QED) is 0.435. The maximum absolute atomic E-state index is 10.5. The van der Waals surface area contributed by atoms with E-state index in [9.17, 15) is 4.79 Å². The Morgan fingerprint density at radius 3 is 2.44 bits per heavy atom. The van der Waals surface area contributed by atoms with Crippen LogP contribution in [0.3, 0.4) is 0 Å². The van der Waals surface area contributed by atoms with E-state index < -0.39 is 0 Å². The van der Waals surface area contributed by atoms with Gasteiger partial charge in [0.15, 0.2) is 0 Å². The summed E-state index contributed by atoms with van der Waals surface area (Å²) >= 11 is 0.